The molecule has 0 saturated heterocycles. The average molecular weight is 276 g/mol. The van der Waals surface area contributed by atoms with E-state index in [0.717, 1.165) is 22.4 Å². The largest absolute Gasteiger partial charge is 0.321 e. The SMILES string of the molecule is Cc1ccc(C)c(NC(=O)/C(C#N)=C\c2ccccc2)c1. The molecular formula is C18H16N2O. The molecule has 0 fully saturated rings. The number of benzene rings is 2. The van der Waals surface area contributed by atoms with E-state index in [0.29, 0.717) is 0 Å². The van der Waals surface area contributed by atoms with Crippen molar-refractivity contribution in [3.63, 3.8) is 0 Å². The van der Waals surface area contributed by atoms with Gasteiger partial charge in [0.2, 0.25) is 0 Å². The van der Waals surface area contributed by atoms with E-state index in [2.05, 4.69) is 5.32 Å². The Kier molecular flexibility index (Phi) is 4.53. The molecule has 2 rings (SSSR count). The highest BCUT2D eigenvalue weighted by Gasteiger charge is 2.10. The van der Waals surface area contributed by atoms with Crippen molar-refractivity contribution in [2.24, 2.45) is 0 Å². The van der Waals surface area contributed by atoms with Gasteiger partial charge in [-0.15, -0.1) is 0 Å². The van der Waals surface area contributed by atoms with Crippen LogP contribution in [-0.2, 0) is 4.79 Å². The van der Waals surface area contributed by atoms with Crippen LogP contribution in [0.3, 0.4) is 0 Å². The van der Waals surface area contributed by atoms with Gasteiger partial charge in [-0.1, -0.05) is 42.5 Å². The number of hydrogen-bond donors (Lipinski definition) is 1. The Morgan fingerprint density at radius 1 is 1.14 bits per heavy atom. The lowest BCUT2D eigenvalue weighted by Crippen LogP contribution is -2.14. The fourth-order valence-electron chi connectivity index (χ4n) is 1.92. The van der Waals surface area contributed by atoms with Crippen LogP contribution in [0.5, 0.6) is 0 Å². The number of hydrogen-bond acceptors (Lipinski definition) is 2. The smallest absolute Gasteiger partial charge is 0.266 e. The molecule has 0 radical (unpaired) electrons. The quantitative estimate of drug-likeness (QED) is 0.684. The highest BCUT2D eigenvalue weighted by Crippen LogP contribution is 2.17. The van der Waals surface area contributed by atoms with Crippen LogP contribution in [-0.4, -0.2) is 5.91 Å². The van der Waals surface area contributed by atoms with Crippen LogP contribution in [0, 0.1) is 25.2 Å². The third-order valence-corrected chi connectivity index (χ3v) is 3.12. The zero-order valence-corrected chi connectivity index (χ0v) is 12.1. The first-order valence-electron chi connectivity index (χ1n) is 6.65. The van der Waals surface area contributed by atoms with E-state index < -0.39 is 5.91 Å². The summed E-state index contributed by atoms with van der Waals surface area (Å²) >= 11 is 0. The molecule has 0 unspecified atom stereocenters. The molecule has 0 heterocycles. The zero-order valence-electron chi connectivity index (χ0n) is 12.1. The second-order valence-electron chi connectivity index (χ2n) is 4.85. The van der Waals surface area contributed by atoms with E-state index in [1.54, 1.807) is 6.08 Å². The number of nitrogens with zero attached hydrogens (tertiary/aromatic N) is 1. The molecule has 2 aromatic carbocycles. The first-order chi connectivity index (χ1) is 10.1. The summed E-state index contributed by atoms with van der Waals surface area (Å²) in [5, 5.41) is 12.0. The van der Waals surface area contributed by atoms with Crippen LogP contribution < -0.4 is 5.32 Å². The van der Waals surface area contributed by atoms with Gasteiger partial charge in [0.1, 0.15) is 11.6 Å². The van der Waals surface area contributed by atoms with Crippen LogP contribution in [0.2, 0.25) is 0 Å². The highest BCUT2D eigenvalue weighted by atomic mass is 16.1. The topological polar surface area (TPSA) is 52.9 Å². The normalized spacial score (nSPS) is 10.8. The Hall–Kier alpha value is -2.86. The van der Waals surface area contributed by atoms with Crippen LogP contribution in [0.15, 0.2) is 54.1 Å². The number of aryl methyl sites for hydroxylation is 2. The third kappa shape index (κ3) is 3.80. The van der Waals surface area contributed by atoms with Crippen LogP contribution in [0.1, 0.15) is 16.7 Å². The first kappa shape index (κ1) is 14.5. The van der Waals surface area contributed by atoms with Gasteiger partial charge < -0.3 is 5.32 Å². The summed E-state index contributed by atoms with van der Waals surface area (Å²) < 4.78 is 0. The van der Waals surface area contributed by atoms with Crippen LogP contribution >= 0.6 is 0 Å². The van der Waals surface area contributed by atoms with Crippen molar-refractivity contribution in [3.05, 3.63) is 70.8 Å². The summed E-state index contributed by atoms with van der Waals surface area (Å²) in [6.45, 7) is 3.88. The summed E-state index contributed by atoms with van der Waals surface area (Å²) in [6.07, 6.45) is 1.58. The van der Waals surface area contributed by atoms with Gasteiger partial charge in [0, 0.05) is 5.69 Å². The summed E-state index contributed by atoms with van der Waals surface area (Å²) in [4.78, 5) is 12.2. The molecule has 2 aromatic rings. The average Bonchev–Trinajstić information content (AvgIpc) is 2.49. The van der Waals surface area contributed by atoms with Gasteiger partial charge in [-0.05, 0) is 42.7 Å². The summed E-state index contributed by atoms with van der Waals surface area (Å²) in [5.41, 5.74) is 3.66. The molecule has 0 aliphatic carbocycles. The van der Waals surface area contributed by atoms with Gasteiger partial charge in [-0.3, -0.25) is 4.79 Å². The monoisotopic (exact) mass is 276 g/mol. The van der Waals surface area contributed by atoms with Crippen LogP contribution in [0.25, 0.3) is 6.08 Å². The second kappa shape index (κ2) is 6.53. The molecule has 0 aliphatic heterocycles. The van der Waals surface area contributed by atoms with E-state index in [4.69, 9.17) is 0 Å². The van der Waals surface area contributed by atoms with Crippen molar-refractivity contribution in [2.45, 2.75) is 13.8 Å². The maximum Gasteiger partial charge on any atom is 0.266 e. The molecule has 0 spiro atoms. The molecule has 104 valence electrons. The van der Waals surface area contributed by atoms with Gasteiger partial charge in [-0.2, -0.15) is 5.26 Å². The third-order valence-electron chi connectivity index (χ3n) is 3.12. The molecule has 3 heteroatoms. The number of nitrogens with one attached hydrogen (secondary N) is 1. The van der Waals surface area contributed by atoms with Crippen LogP contribution in [0.4, 0.5) is 5.69 Å². The number of rotatable bonds is 3. The second-order valence-corrected chi connectivity index (χ2v) is 4.85. The fourth-order valence-corrected chi connectivity index (χ4v) is 1.92. The van der Waals surface area contributed by atoms with Gasteiger partial charge in [0.05, 0.1) is 0 Å². The van der Waals surface area contributed by atoms with Gasteiger partial charge in [0.25, 0.3) is 5.91 Å². The predicted octanol–water partition coefficient (Wildman–Crippen LogP) is 3.85. The summed E-state index contributed by atoms with van der Waals surface area (Å²) in [7, 11) is 0. The number of amides is 1. The molecule has 1 N–H and O–H groups in total. The van der Waals surface area contributed by atoms with Crippen molar-refractivity contribution < 1.29 is 4.79 Å². The van der Waals surface area contributed by atoms with Gasteiger partial charge in [0.15, 0.2) is 0 Å². The first-order valence-corrected chi connectivity index (χ1v) is 6.65. The number of carbonyl (C=O) groups is 1. The van der Waals surface area contributed by atoms with Crippen molar-refractivity contribution in [1.82, 2.24) is 0 Å². The van der Waals surface area contributed by atoms with Crippen molar-refractivity contribution in [3.8, 4) is 6.07 Å². The maximum absolute atomic E-state index is 12.2. The van der Waals surface area contributed by atoms with Gasteiger partial charge >= 0.3 is 0 Å². The summed E-state index contributed by atoms with van der Waals surface area (Å²) in [6, 6.07) is 17.1. The van der Waals surface area contributed by atoms with Crippen molar-refractivity contribution in [2.75, 3.05) is 5.32 Å². The summed E-state index contributed by atoms with van der Waals surface area (Å²) in [5.74, 6) is -0.393. The molecule has 21 heavy (non-hydrogen) atoms. The number of nitriles is 1. The Bertz CT molecular complexity index is 725. The molecule has 0 bridgehead atoms. The molecule has 0 saturated carbocycles. The Balaban J connectivity index is 2.24. The van der Waals surface area contributed by atoms with E-state index in [9.17, 15) is 10.1 Å². The molecule has 0 atom stereocenters. The molecule has 3 nitrogen and oxygen atoms in total. The Morgan fingerprint density at radius 3 is 2.52 bits per heavy atom. The molecular weight excluding hydrogens is 260 g/mol. The number of anilines is 1. The lowest BCUT2D eigenvalue weighted by molar-refractivity contribution is -0.112. The minimum Gasteiger partial charge on any atom is -0.321 e. The lowest BCUT2D eigenvalue weighted by Gasteiger charge is -2.08. The minimum absolute atomic E-state index is 0.0853. The Labute approximate surface area is 124 Å². The molecule has 0 aromatic heterocycles. The Morgan fingerprint density at radius 2 is 1.86 bits per heavy atom. The molecule has 0 aliphatic rings. The fraction of sp³-hybridized carbons (Fsp3) is 0.111. The lowest BCUT2D eigenvalue weighted by atomic mass is 10.1. The van der Waals surface area contributed by atoms with E-state index in [1.807, 2.05) is 68.4 Å². The van der Waals surface area contributed by atoms with E-state index >= 15 is 0 Å². The standard InChI is InChI=1S/C18H16N2O/c1-13-8-9-14(2)17(10-13)20-18(21)16(12-19)11-15-6-4-3-5-7-15/h3-11H,1-2H3,(H,20,21)/b16-11-. The zero-order chi connectivity index (χ0) is 15.2. The minimum atomic E-state index is -0.393. The van der Waals surface area contributed by atoms with E-state index in [-0.39, 0.29) is 5.57 Å². The van der Waals surface area contributed by atoms with Crippen molar-refractivity contribution in [1.29, 1.82) is 5.26 Å². The maximum atomic E-state index is 12.2. The van der Waals surface area contributed by atoms with Gasteiger partial charge in [-0.25, -0.2) is 0 Å². The van der Waals surface area contributed by atoms with E-state index in [1.165, 1.54) is 0 Å². The number of carbonyl (C=O) groups excluding carboxylic acids is 1. The highest BCUT2D eigenvalue weighted by molar-refractivity contribution is 6.09. The molecule has 1 amide bonds. The van der Waals surface area contributed by atoms with Crippen molar-refractivity contribution >= 4 is 17.7 Å². The predicted molar refractivity (Wildman–Crippen MR) is 84.6 cm³/mol.